The van der Waals surface area contributed by atoms with Gasteiger partial charge in [0.15, 0.2) is 5.82 Å². The second-order valence-electron chi connectivity index (χ2n) is 7.13. The third-order valence-electron chi connectivity index (χ3n) is 4.46. The summed E-state index contributed by atoms with van der Waals surface area (Å²) in [5, 5.41) is 6.27. The summed E-state index contributed by atoms with van der Waals surface area (Å²) in [5.41, 5.74) is 0. The number of anilines is 1. The zero-order valence-electron chi connectivity index (χ0n) is 16.6. The van der Waals surface area contributed by atoms with Crippen LogP contribution in [0.15, 0.2) is 16.9 Å². The quantitative estimate of drug-likeness (QED) is 0.482. The van der Waals surface area contributed by atoms with Crippen molar-refractivity contribution in [3.63, 3.8) is 0 Å². The van der Waals surface area contributed by atoms with Gasteiger partial charge in [-0.2, -0.15) is 0 Å². The largest absolute Gasteiger partial charge is 0.363 e. The van der Waals surface area contributed by atoms with Gasteiger partial charge >= 0.3 is 0 Å². The van der Waals surface area contributed by atoms with Crippen molar-refractivity contribution < 1.29 is 14.1 Å². The Hall–Kier alpha value is -1.85. The van der Waals surface area contributed by atoms with Crippen molar-refractivity contribution >= 4 is 17.6 Å². The summed E-state index contributed by atoms with van der Waals surface area (Å²) >= 11 is 0. The van der Waals surface area contributed by atoms with E-state index in [-0.39, 0.29) is 24.4 Å². The SMILES string of the molecule is CCCCCCCCCCCC(=O)N(CC(=O)Nc1ccon1)C(C)C. The number of hydrogen-bond donors (Lipinski definition) is 1. The molecule has 0 saturated heterocycles. The van der Waals surface area contributed by atoms with Gasteiger partial charge in [0, 0.05) is 18.5 Å². The minimum absolute atomic E-state index is 0.0101. The van der Waals surface area contributed by atoms with Gasteiger partial charge in [0.25, 0.3) is 0 Å². The Morgan fingerprint density at radius 3 is 2.23 bits per heavy atom. The van der Waals surface area contributed by atoms with Crippen molar-refractivity contribution in [1.29, 1.82) is 0 Å². The lowest BCUT2D eigenvalue weighted by Crippen LogP contribution is -2.42. The van der Waals surface area contributed by atoms with E-state index in [4.69, 9.17) is 0 Å². The smallest absolute Gasteiger partial charge is 0.245 e. The topological polar surface area (TPSA) is 75.4 Å². The molecule has 6 heteroatoms. The first-order valence-corrected chi connectivity index (χ1v) is 10.0. The maximum Gasteiger partial charge on any atom is 0.245 e. The van der Waals surface area contributed by atoms with Gasteiger partial charge in [-0.15, -0.1) is 0 Å². The van der Waals surface area contributed by atoms with E-state index in [9.17, 15) is 9.59 Å². The lowest BCUT2D eigenvalue weighted by molar-refractivity contribution is -0.136. The minimum Gasteiger partial charge on any atom is -0.363 e. The third-order valence-corrected chi connectivity index (χ3v) is 4.46. The molecule has 0 fully saturated rings. The second-order valence-corrected chi connectivity index (χ2v) is 7.13. The number of aromatic nitrogens is 1. The van der Waals surface area contributed by atoms with E-state index in [1.807, 2.05) is 13.8 Å². The predicted octanol–water partition coefficient (Wildman–Crippen LogP) is 4.77. The van der Waals surface area contributed by atoms with Crippen LogP contribution in [0.2, 0.25) is 0 Å². The van der Waals surface area contributed by atoms with Crippen molar-refractivity contribution in [2.75, 3.05) is 11.9 Å². The summed E-state index contributed by atoms with van der Waals surface area (Å²) in [7, 11) is 0. The molecule has 1 aromatic heterocycles. The van der Waals surface area contributed by atoms with Crippen LogP contribution in [0.5, 0.6) is 0 Å². The first-order chi connectivity index (χ1) is 12.5. The van der Waals surface area contributed by atoms with E-state index < -0.39 is 0 Å². The first-order valence-electron chi connectivity index (χ1n) is 10.0. The molecule has 0 bridgehead atoms. The molecule has 0 spiro atoms. The van der Waals surface area contributed by atoms with Crippen LogP contribution in [0, 0.1) is 0 Å². The first kappa shape index (κ1) is 22.2. The Bertz CT molecular complexity index is 500. The van der Waals surface area contributed by atoms with E-state index in [1.165, 1.54) is 51.2 Å². The lowest BCUT2D eigenvalue weighted by Gasteiger charge is -2.26. The van der Waals surface area contributed by atoms with Gasteiger partial charge in [0.05, 0.1) is 0 Å². The fourth-order valence-electron chi connectivity index (χ4n) is 2.90. The Kier molecular flexibility index (Phi) is 11.4. The molecule has 1 heterocycles. The molecule has 1 aromatic rings. The second kappa shape index (κ2) is 13.4. The molecule has 6 nitrogen and oxygen atoms in total. The molecule has 0 aromatic carbocycles. The van der Waals surface area contributed by atoms with Crippen molar-refractivity contribution in [2.24, 2.45) is 0 Å². The summed E-state index contributed by atoms with van der Waals surface area (Å²) in [6.45, 7) is 6.13. The molecule has 0 saturated carbocycles. The number of hydrogen-bond acceptors (Lipinski definition) is 4. The van der Waals surface area contributed by atoms with Crippen molar-refractivity contribution in [2.45, 2.75) is 91.0 Å². The Morgan fingerprint density at radius 2 is 1.69 bits per heavy atom. The average molecular weight is 366 g/mol. The number of nitrogens with one attached hydrogen (secondary N) is 1. The summed E-state index contributed by atoms with van der Waals surface area (Å²) < 4.78 is 4.68. The van der Waals surface area contributed by atoms with Crippen LogP contribution < -0.4 is 5.32 Å². The third kappa shape index (κ3) is 9.59. The van der Waals surface area contributed by atoms with Gasteiger partial charge in [-0.3, -0.25) is 9.59 Å². The van der Waals surface area contributed by atoms with Gasteiger partial charge in [0.1, 0.15) is 12.8 Å². The van der Waals surface area contributed by atoms with E-state index >= 15 is 0 Å². The van der Waals surface area contributed by atoms with Gasteiger partial charge in [0.2, 0.25) is 11.8 Å². The highest BCUT2D eigenvalue weighted by Crippen LogP contribution is 2.12. The highest BCUT2D eigenvalue weighted by atomic mass is 16.5. The number of amides is 2. The van der Waals surface area contributed by atoms with E-state index in [1.54, 1.807) is 11.0 Å². The van der Waals surface area contributed by atoms with E-state index in [0.717, 1.165) is 12.8 Å². The molecule has 0 radical (unpaired) electrons. The number of unbranched alkanes of at least 4 members (excludes halogenated alkanes) is 8. The summed E-state index contributed by atoms with van der Waals surface area (Å²) in [4.78, 5) is 26.1. The van der Waals surface area contributed by atoms with Crippen molar-refractivity contribution in [3.05, 3.63) is 12.3 Å². The van der Waals surface area contributed by atoms with E-state index in [0.29, 0.717) is 12.2 Å². The molecule has 0 unspecified atom stereocenters. The molecule has 1 N–H and O–H groups in total. The molecular formula is C20H35N3O3. The molecule has 0 aliphatic rings. The molecule has 26 heavy (non-hydrogen) atoms. The Labute approximate surface area is 157 Å². The summed E-state index contributed by atoms with van der Waals surface area (Å²) in [5.74, 6) is 0.149. The van der Waals surface area contributed by atoms with Crippen molar-refractivity contribution in [3.8, 4) is 0 Å². The monoisotopic (exact) mass is 365 g/mol. The Balaban J connectivity index is 2.20. The highest BCUT2D eigenvalue weighted by molar-refractivity contribution is 5.93. The Morgan fingerprint density at radius 1 is 1.08 bits per heavy atom. The predicted molar refractivity (Wildman–Crippen MR) is 104 cm³/mol. The number of carbonyl (C=O) groups is 2. The van der Waals surface area contributed by atoms with Crippen LogP contribution in [0.1, 0.15) is 85.0 Å². The number of carbonyl (C=O) groups excluding carboxylic acids is 2. The van der Waals surface area contributed by atoms with Gasteiger partial charge in [-0.05, 0) is 20.3 Å². The fourth-order valence-corrected chi connectivity index (χ4v) is 2.90. The molecule has 2 amide bonds. The van der Waals surface area contributed by atoms with E-state index in [2.05, 4.69) is 21.9 Å². The molecule has 0 atom stereocenters. The van der Waals surface area contributed by atoms with Crippen LogP contribution >= 0.6 is 0 Å². The van der Waals surface area contributed by atoms with Crippen LogP contribution in [0.4, 0.5) is 5.82 Å². The fraction of sp³-hybridized carbons (Fsp3) is 0.750. The zero-order valence-corrected chi connectivity index (χ0v) is 16.6. The van der Waals surface area contributed by atoms with Crippen LogP contribution in [0.3, 0.4) is 0 Å². The number of rotatable bonds is 14. The normalized spacial score (nSPS) is 10.9. The lowest BCUT2D eigenvalue weighted by atomic mass is 10.1. The van der Waals surface area contributed by atoms with Crippen molar-refractivity contribution in [1.82, 2.24) is 10.1 Å². The van der Waals surface area contributed by atoms with Crippen LogP contribution in [-0.2, 0) is 9.59 Å². The molecule has 0 aliphatic heterocycles. The zero-order chi connectivity index (χ0) is 19.2. The summed E-state index contributed by atoms with van der Waals surface area (Å²) in [6.07, 6.45) is 12.9. The molecule has 0 aliphatic carbocycles. The highest BCUT2D eigenvalue weighted by Gasteiger charge is 2.20. The summed E-state index contributed by atoms with van der Waals surface area (Å²) in [6, 6.07) is 1.56. The van der Waals surface area contributed by atoms with Gasteiger partial charge < -0.3 is 14.7 Å². The molecule has 1 rings (SSSR count). The van der Waals surface area contributed by atoms with Gasteiger partial charge in [-0.1, -0.05) is 63.4 Å². The average Bonchev–Trinajstić information content (AvgIpc) is 3.10. The standard InChI is InChI=1S/C20H35N3O3/c1-4-5-6-7-8-9-10-11-12-13-20(25)23(17(2)3)16-19(24)21-18-14-15-26-22-18/h14-15,17H,4-13,16H2,1-3H3,(H,21,22,24). The number of nitrogens with zero attached hydrogens (tertiary/aromatic N) is 2. The van der Waals surface area contributed by atoms with Gasteiger partial charge in [-0.25, -0.2) is 0 Å². The van der Waals surface area contributed by atoms with Crippen LogP contribution in [0.25, 0.3) is 0 Å². The maximum absolute atomic E-state index is 12.4. The molecule has 148 valence electrons. The van der Waals surface area contributed by atoms with Crippen LogP contribution in [-0.4, -0.2) is 34.5 Å². The minimum atomic E-state index is -0.256. The molecular weight excluding hydrogens is 330 g/mol. The maximum atomic E-state index is 12.4.